The fraction of sp³-hybridized carbons (Fsp3) is 0.529. The minimum atomic E-state index is -0.209. The number of nitrogens with zero attached hydrogens (tertiary/aromatic N) is 3. The van der Waals surface area contributed by atoms with Gasteiger partial charge in [0, 0.05) is 38.3 Å². The van der Waals surface area contributed by atoms with Crippen LogP contribution in [0.1, 0.15) is 26.7 Å². The molecular formula is C17H26N6O2. The van der Waals surface area contributed by atoms with Gasteiger partial charge in [0.25, 0.3) is 0 Å². The Labute approximate surface area is 148 Å². The van der Waals surface area contributed by atoms with Crippen LogP contribution >= 0.6 is 0 Å². The minimum Gasteiger partial charge on any atom is -0.357 e. The van der Waals surface area contributed by atoms with E-state index in [9.17, 15) is 9.59 Å². The third-order valence-corrected chi connectivity index (χ3v) is 3.85. The zero-order chi connectivity index (χ0) is 18.1. The van der Waals surface area contributed by atoms with Gasteiger partial charge in [0.05, 0.1) is 11.9 Å². The number of amides is 2. The van der Waals surface area contributed by atoms with Crippen molar-refractivity contribution in [1.82, 2.24) is 20.5 Å². The lowest BCUT2D eigenvalue weighted by Gasteiger charge is -2.18. The Morgan fingerprint density at radius 3 is 2.92 bits per heavy atom. The van der Waals surface area contributed by atoms with E-state index in [4.69, 9.17) is 0 Å². The van der Waals surface area contributed by atoms with Gasteiger partial charge < -0.3 is 20.9 Å². The van der Waals surface area contributed by atoms with E-state index in [0.717, 1.165) is 13.0 Å². The summed E-state index contributed by atoms with van der Waals surface area (Å²) in [7, 11) is 0. The second-order valence-corrected chi connectivity index (χ2v) is 5.81. The maximum atomic E-state index is 12.0. The number of aliphatic imine (C=N–C) groups is 1. The van der Waals surface area contributed by atoms with Gasteiger partial charge in [0.15, 0.2) is 5.96 Å². The molecule has 3 N–H and O–H groups in total. The Hall–Kier alpha value is -2.64. The number of guanidine groups is 1. The highest BCUT2D eigenvalue weighted by Gasteiger charge is 2.25. The number of carbonyl (C=O) groups is 2. The summed E-state index contributed by atoms with van der Waals surface area (Å²) in [5, 5.41) is 9.17. The number of nitrogens with one attached hydrogen (secondary N) is 3. The maximum absolute atomic E-state index is 12.0. The van der Waals surface area contributed by atoms with Crippen molar-refractivity contribution in [2.24, 2.45) is 4.99 Å². The first kappa shape index (κ1) is 18.7. The van der Waals surface area contributed by atoms with E-state index < -0.39 is 0 Å². The van der Waals surface area contributed by atoms with Crippen molar-refractivity contribution in [3.05, 3.63) is 24.5 Å². The third kappa shape index (κ3) is 6.06. The number of carbonyl (C=O) groups excluding carboxylic acids is 2. The highest BCUT2D eigenvalue weighted by atomic mass is 16.2. The summed E-state index contributed by atoms with van der Waals surface area (Å²) in [4.78, 5) is 33.9. The SMILES string of the molecule is CCNC(=NCC(=O)Nc1cccnc1)NC1CCN(C(=O)CC)C1. The average Bonchev–Trinajstić information content (AvgIpc) is 3.08. The molecule has 2 rings (SSSR count). The van der Waals surface area contributed by atoms with Crippen LogP contribution in [0.4, 0.5) is 5.69 Å². The smallest absolute Gasteiger partial charge is 0.246 e. The molecule has 0 aromatic carbocycles. The normalized spacial score (nSPS) is 17.3. The summed E-state index contributed by atoms with van der Waals surface area (Å²) in [6, 6.07) is 3.68. The Morgan fingerprint density at radius 2 is 2.24 bits per heavy atom. The number of pyridine rings is 1. The van der Waals surface area contributed by atoms with Gasteiger partial charge in [-0.1, -0.05) is 6.92 Å². The largest absolute Gasteiger partial charge is 0.357 e. The number of likely N-dealkylation sites (tertiary alicyclic amines) is 1. The predicted molar refractivity (Wildman–Crippen MR) is 97.3 cm³/mol. The molecule has 2 heterocycles. The molecule has 0 radical (unpaired) electrons. The van der Waals surface area contributed by atoms with Crippen molar-refractivity contribution in [3.8, 4) is 0 Å². The van der Waals surface area contributed by atoms with Gasteiger partial charge in [0.2, 0.25) is 11.8 Å². The molecule has 1 saturated heterocycles. The highest BCUT2D eigenvalue weighted by molar-refractivity contribution is 5.94. The van der Waals surface area contributed by atoms with Gasteiger partial charge in [-0.15, -0.1) is 0 Å². The van der Waals surface area contributed by atoms with Crippen molar-refractivity contribution < 1.29 is 9.59 Å². The van der Waals surface area contributed by atoms with E-state index in [0.29, 0.717) is 31.2 Å². The van der Waals surface area contributed by atoms with Crippen molar-refractivity contribution in [2.45, 2.75) is 32.7 Å². The van der Waals surface area contributed by atoms with Crippen LogP contribution in [0.3, 0.4) is 0 Å². The molecule has 0 aliphatic carbocycles. The van der Waals surface area contributed by atoms with Crippen molar-refractivity contribution in [3.63, 3.8) is 0 Å². The summed E-state index contributed by atoms with van der Waals surface area (Å²) in [5.41, 5.74) is 0.644. The quantitative estimate of drug-likeness (QED) is 0.517. The van der Waals surface area contributed by atoms with Gasteiger partial charge >= 0.3 is 0 Å². The number of anilines is 1. The molecule has 1 aliphatic heterocycles. The highest BCUT2D eigenvalue weighted by Crippen LogP contribution is 2.10. The van der Waals surface area contributed by atoms with E-state index in [1.807, 2.05) is 18.7 Å². The zero-order valence-electron chi connectivity index (χ0n) is 14.8. The fourth-order valence-electron chi connectivity index (χ4n) is 2.63. The summed E-state index contributed by atoms with van der Waals surface area (Å²) in [6.07, 6.45) is 4.63. The monoisotopic (exact) mass is 346 g/mol. The molecule has 0 saturated carbocycles. The molecule has 1 unspecified atom stereocenters. The summed E-state index contributed by atoms with van der Waals surface area (Å²) >= 11 is 0. The van der Waals surface area contributed by atoms with Crippen LogP contribution in [0.2, 0.25) is 0 Å². The molecule has 1 aliphatic rings. The van der Waals surface area contributed by atoms with E-state index in [1.165, 1.54) is 0 Å². The number of hydrogen-bond acceptors (Lipinski definition) is 4. The van der Waals surface area contributed by atoms with Crippen molar-refractivity contribution in [2.75, 3.05) is 31.5 Å². The molecule has 2 amide bonds. The first-order valence-corrected chi connectivity index (χ1v) is 8.64. The minimum absolute atomic E-state index is 0.00848. The Morgan fingerprint density at radius 1 is 1.40 bits per heavy atom. The van der Waals surface area contributed by atoms with Crippen LogP contribution in [0.5, 0.6) is 0 Å². The third-order valence-electron chi connectivity index (χ3n) is 3.85. The van der Waals surface area contributed by atoms with Crippen molar-refractivity contribution >= 4 is 23.5 Å². The molecular weight excluding hydrogens is 320 g/mol. The number of aromatic nitrogens is 1. The van der Waals surface area contributed by atoms with E-state index in [2.05, 4.69) is 25.9 Å². The van der Waals surface area contributed by atoms with Crippen molar-refractivity contribution in [1.29, 1.82) is 0 Å². The Kier molecular flexibility index (Phi) is 7.18. The fourth-order valence-corrected chi connectivity index (χ4v) is 2.63. The van der Waals surface area contributed by atoms with E-state index >= 15 is 0 Å². The molecule has 1 aromatic rings. The first-order valence-electron chi connectivity index (χ1n) is 8.64. The van der Waals surface area contributed by atoms with Crippen LogP contribution in [-0.4, -0.2) is 59.9 Å². The standard InChI is InChI=1S/C17H26N6O2/c1-3-16(25)23-9-7-14(12-23)22-17(19-4-2)20-11-15(24)21-13-6-5-8-18-10-13/h5-6,8,10,14H,3-4,7,9,11-12H2,1-2H3,(H,21,24)(H2,19,20,22). The Balaban J connectivity index is 1.86. The number of hydrogen-bond donors (Lipinski definition) is 3. The van der Waals surface area contributed by atoms with Crippen LogP contribution < -0.4 is 16.0 Å². The van der Waals surface area contributed by atoms with Crippen LogP contribution in [0.25, 0.3) is 0 Å². The lowest BCUT2D eigenvalue weighted by atomic mass is 10.3. The van der Waals surface area contributed by atoms with E-state index in [-0.39, 0.29) is 24.4 Å². The van der Waals surface area contributed by atoms with Gasteiger partial charge in [-0.05, 0) is 25.5 Å². The average molecular weight is 346 g/mol. The van der Waals surface area contributed by atoms with Crippen LogP contribution in [-0.2, 0) is 9.59 Å². The first-order chi connectivity index (χ1) is 12.1. The summed E-state index contributed by atoms with van der Waals surface area (Å²) in [6.45, 7) is 5.96. The van der Waals surface area contributed by atoms with Gasteiger partial charge in [-0.25, -0.2) is 4.99 Å². The molecule has 1 aromatic heterocycles. The lowest BCUT2D eigenvalue weighted by Crippen LogP contribution is -2.45. The Bertz CT molecular complexity index is 604. The second-order valence-electron chi connectivity index (χ2n) is 5.81. The van der Waals surface area contributed by atoms with Gasteiger partial charge in [-0.3, -0.25) is 14.6 Å². The van der Waals surface area contributed by atoms with Crippen LogP contribution in [0.15, 0.2) is 29.5 Å². The summed E-state index contributed by atoms with van der Waals surface area (Å²) < 4.78 is 0. The summed E-state index contributed by atoms with van der Waals surface area (Å²) in [5.74, 6) is 0.543. The molecule has 0 spiro atoms. The second kappa shape index (κ2) is 9.61. The van der Waals surface area contributed by atoms with E-state index in [1.54, 1.807) is 24.5 Å². The molecule has 1 atom stereocenters. The lowest BCUT2D eigenvalue weighted by molar-refractivity contribution is -0.129. The van der Waals surface area contributed by atoms with Crippen LogP contribution in [0, 0.1) is 0 Å². The van der Waals surface area contributed by atoms with Gasteiger partial charge in [0.1, 0.15) is 6.54 Å². The number of rotatable bonds is 6. The maximum Gasteiger partial charge on any atom is 0.246 e. The molecule has 0 bridgehead atoms. The molecule has 8 heteroatoms. The molecule has 1 fully saturated rings. The molecule has 25 heavy (non-hydrogen) atoms. The molecule has 136 valence electrons. The topological polar surface area (TPSA) is 98.7 Å². The molecule has 8 nitrogen and oxygen atoms in total. The zero-order valence-corrected chi connectivity index (χ0v) is 14.8. The predicted octanol–water partition coefficient (Wildman–Crippen LogP) is 0.586. The van der Waals surface area contributed by atoms with Gasteiger partial charge in [-0.2, -0.15) is 0 Å².